The number of ether oxygens (including phenoxy) is 3. The van der Waals surface area contributed by atoms with Gasteiger partial charge in [0.2, 0.25) is 0 Å². The molecule has 18 heavy (non-hydrogen) atoms. The topological polar surface area (TPSA) is 47.9 Å². The summed E-state index contributed by atoms with van der Waals surface area (Å²) in [6.45, 7) is 3.58. The third-order valence-electron chi connectivity index (χ3n) is 3.01. The van der Waals surface area contributed by atoms with Crippen LogP contribution in [0.2, 0.25) is 0 Å². The minimum atomic E-state index is 0.218. The minimum Gasteiger partial charge on any atom is -0.508 e. The predicted octanol–water partition coefficient (Wildman–Crippen LogP) is 2.21. The second kappa shape index (κ2) is 7.24. The molecule has 4 heteroatoms. The van der Waals surface area contributed by atoms with Gasteiger partial charge in [-0.1, -0.05) is 6.07 Å². The number of phenolic OH excluding ortho intramolecular Hbond substituents is 1. The zero-order valence-corrected chi connectivity index (χ0v) is 10.5. The van der Waals surface area contributed by atoms with E-state index in [-0.39, 0.29) is 5.75 Å². The largest absolute Gasteiger partial charge is 0.508 e. The molecule has 0 amide bonds. The van der Waals surface area contributed by atoms with E-state index in [0.717, 1.165) is 32.7 Å². The number of rotatable bonds is 6. The fourth-order valence-electron chi connectivity index (χ4n) is 1.95. The SMILES string of the molecule is Oc1cccc(OCCOCC2CCOCC2)c1. The van der Waals surface area contributed by atoms with Crippen LogP contribution >= 0.6 is 0 Å². The van der Waals surface area contributed by atoms with E-state index >= 15 is 0 Å². The molecule has 1 aliphatic rings. The van der Waals surface area contributed by atoms with Crippen molar-refractivity contribution in [3.8, 4) is 11.5 Å². The van der Waals surface area contributed by atoms with Crippen LogP contribution in [0.1, 0.15) is 12.8 Å². The zero-order valence-electron chi connectivity index (χ0n) is 10.5. The first kappa shape index (κ1) is 13.2. The van der Waals surface area contributed by atoms with E-state index in [9.17, 15) is 5.11 Å². The Morgan fingerprint density at radius 1 is 1.22 bits per heavy atom. The summed E-state index contributed by atoms with van der Waals surface area (Å²) in [5.41, 5.74) is 0. The van der Waals surface area contributed by atoms with Gasteiger partial charge in [0.05, 0.1) is 6.61 Å². The molecule has 1 aromatic rings. The van der Waals surface area contributed by atoms with Crippen LogP contribution in [0.3, 0.4) is 0 Å². The van der Waals surface area contributed by atoms with Crippen LogP contribution in [-0.4, -0.2) is 38.1 Å². The fourth-order valence-corrected chi connectivity index (χ4v) is 1.95. The van der Waals surface area contributed by atoms with Crippen molar-refractivity contribution in [2.75, 3.05) is 33.0 Å². The molecule has 0 unspecified atom stereocenters. The number of hydrogen-bond acceptors (Lipinski definition) is 4. The zero-order chi connectivity index (χ0) is 12.6. The maximum atomic E-state index is 9.26. The molecule has 1 heterocycles. The molecule has 0 spiro atoms. The number of phenols is 1. The summed E-state index contributed by atoms with van der Waals surface area (Å²) in [5, 5.41) is 9.26. The van der Waals surface area contributed by atoms with Gasteiger partial charge in [-0.25, -0.2) is 0 Å². The van der Waals surface area contributed by atoms with Crippen molar-refractivity contribution in [2.24, 2.45) is 5.92 Å². The van der Waals surface area contributed by atoms with Crippen molar-refractivity contribution in [1.82, 2.24) is 0 Å². The minimum absolute atomic E-state index is 0.218. The Hall–Kier alpha value is -1.26. The van der Waals surface area contributed by atoms with Crippen molar-refractivity contribution in [1.29, 1.82) is 0 Å². The lowest BCUT2D eigenvalue weighted by Crippen LogP contribution is -2.21. The molecule has 0 radical (unpaired) electrons. The first-order valence-corrected chi connectivity index (χ1v) is 6.42. The molecule has 0 saturated carbocycles. The second-order valence-electron chi connectivity index (χ2n) is 4.48. The molecular formula is C14H20O4. The van der Waals surface area contributed by atoms with Crippen LogP contribution in [0, 0.1) is 5.92 Å². The van der Waals surface area contributed by atoms with E-state index in [2.05, 4.69) is 0 Å². The van der Waals surface area contributed by atoms with Gasteiger partial charge >= 0.3 is 0 Å². The van der Waals surface area contributed by atoms with E-state index in [4.69, 9.17) is 14.2 Å². The summed E-state index contributed by atoms with van der Waals surface area (Å²) in [7, 11) is 0. The highest BCUT2D eigenvalue weighted by atomic mass is 16.5. The summed E-state index contributed by atoms with van der Waals surface area (Å²) in [5.74, 6) is 1.51. The Kier molecular flexibility index (Phi) is 5.30. The first-order valence-electron chi connectivity index (χ1n) is 6.42. The maximum Gasteiger partial charge on any atom is 0.123 e. The van der Waals surface area contributed by atoms with Gasteiger partial charge in [0, 0.05) is 25.9 Å². The highest BCUT2D eigenvalue weighted by Gasteiger charge is 2.13. The third kappa shape index (κ3) is 4.55. The number of hydrogen-bond donors (Lipinski definition) is 1. The normalized spacial score (nSPS) is 16.7. The molecule has 1 N–H and O–H groups in total. The molecule has 4 nitrogen and oxygen atoms in total. The van der Waals surface area contributed by atoms with E-state index < -0.39 is 0 Å². The van der Waals surface area contributed by atoms with Gasteiger partial charge in [-0.2, -0.15) is 0 Å². The summed E-state index contributed by atoms with van der Waals surface area (Å²) < 4.78 is 16.3. The summed E-state index contributed by atoms with van der Waals surface area (Å²) >= 11 is 0. The predicted molar refractivity (Wildman–Crippen MR) is 68.0 cm³/mol. The van der Waals surface area contributed by atoms with Gasteiger partial charge in [-0.15, -0.1) is 0 Å². The van der Waals surface area contributed by atoms with E-state index in [1.54, 1.807) is 18.2 Å². The summed E-state index contributed by atoms with van der Waals surface area (Å²) in [6, 6.07) is 6.79. The number of benzene rings is 1. The molecule has 0 bridgehead atoms. The van der Waals surface area contributed by atoms with Gasteiger partial charge in [0.15, 0.2) is 0 Å². The molecular weight excluding hydrogens is 232 g/mol. The molecule has 0 atom stereocenters. The Bertz CT molecular complexity index is 347. The number of aromatic hydroxyl groups is 1. The lowest BCUT2D eigenvalue weighted by molar-refractivity contribution is 0.0139. The van der Waals surface area contributed by atoms with Gasteiger partial charge in [-0.3, -0.25) is 0 Å². The highest BCUT2D eigenvalue weighted by Crippen LogP contribution is 2.17. The van der Waals surface area contributed by atoms with Crippen molar-refractivity contribution in [3.63, 3.8) is 0 Å². The molecule has 1 aliphatic heterocycles. The third-order valence-corrected chi connectivity index (χ3v) is 3.01. The Labute approximate surface area is 107 Å². The fraction of sp³-hybridized carbons (Fsp3) is 0.571. The van der Waals surface area contributed by atoms with Crippen LogP contribution in [0.15, 0.2) is 24.3 Å². The summed E-state index contributed by atoms with van der Waals surface area (Å²) in [6.07, 6.45) is 2.18. The van der Waals surface area contributed by atoms with E-state index in [1.165, 1.54) is 0 Å². The Balaban J connectivity index is 1.55. The summed E-state index contributed by atoms with van der Waals surface area (Å²) in [4.78, 5) is 0. The van der Waals surface area contributed by atoms with Crippen LogP contribution in [0.4, 0.5) is 0 Å². The molecule has 100 valence electrons. The van der Waals surface area contributed by atoms with Gasteiger partial charge < -0.3 is 19.3 Å². The molecule has 0 aliphatic carbocycles. The average molecular weight is 252 g/mol. The Morgan fingerprint density at radius 2 is 2.06 bits per heavy atom. The molecule has 1 saturated heterocycles. The quantitative estimate of drug-likeness (QED) is 0.789. The highest BCUT2D eigenvalue weighted by molar-refractivity contribution is 5.31. The van der Waals surface area contributed by atoms with Crippen LogP contribution in [0.5, 0.6) is 11.5 Å². The lowest BCUT2D eigenvalue weighted by Gasteiger charge is -2.21. The monoisotopic (exact) mass is 252 g/mol. The molecule has 0 aromatic heterocycles. The lowest BCUT2D eigenvalue weighted by atomic mass is 10.0. The van der Waals surface area contributed by atoms with Crippen LogP contribution in [0.25, 0.3) is 0 Å². The van der Waals surface area contributed by atoms with Crippen molar-refractivity contribution >= 4 is 0 Å². The van der Waals surface area contributed by atoms with Crippen molar-refractivity contribution in [2.45, 2.75) is 12.8 Å². The second-order valence-corrected chi connectivity index (χ2v) is 4.48. The molecule has 1 fully saturated rings. The van der Waals surface area contributed by atoms with Crippen LogP contribution < -0.4 is 4.74 Å². The molecule has 1 aromatic carbocycles. The maximum absolute atomic E-state index is 9.26. The van der Waals surface area contributed by atoms with E-state index in [1.807, 2.05) is 6.07 Å². The van der Waals surface area contributed by atoms with Crippen LogP contribution in [-0.2, 0) is 9.47 Å². The van der Waals surface area contributed by atoms with Gasteiger partial charge in [0.25, 0.3) is 0 Å². The van der Waals surface area contributed by atoms with Gasteiger partial charge in [0.1, 0.15) is 18.1 Å². The Morgan fingerprint density at radius 3 is 2.83 bits per heavy atom. The van der Waals surface area contributed by atoms with Crippen molar-refractivity contribution < 1.29 is 19.3 Å². The first-order chi connectivity index (χ1) is 8.84. The van der Waals surface area contributed by atoms with Crippen molar-refractivity contribution in [3.05, 3.63) is 24.3 Å². The van der Waals surface area contributed by atoms with E-state index in [0.29, 0.717) is 24.9 Å². The van der Waals surface area contributed by atoms with Gasteiger partial charge in [-0.05, 0) is 30.9 Å². The smallest absolute Gasteiger partial charge is 0.123 e. The molecule has 2 rings (SSSR count). The standard InChI is InChI=1S/C14H20O4/c15-13-2-1-3-14(10-13)18-9-8-17-11-12-4-6-16-7-5-12/h1-3,10,12,15H,4-9,11H2. The average Bonchev–Trinajstić information content (AvgIpc) is 2.40.